The molecule has 0 aliphatic heterocycles. The van der Waals surface area contributed by atoms with Crippen LogP contribution in [0, 0.1) is 11.3 Å². The molecule has 37 heavy (non-hydrogen) atoms. The van der Waals surface area contributed by atoms with E-state index in [1.54, 1.807) is 30.3 Å². The van der Waals surface area contributed by atoms with Gasteiger partial charge in [0.05, 0.1) is 11.6 Å². The first kappa shape index (κ1) is 24.6. The van der Waals surface area contributed by atoms with E-state index < -0.39 is 28.8 Å². The van der Waals surface area contributed by atoms with Crippen LogP contribution in [0.3, 0.4) is 0 Å². The van der Waals surface area contributed by atoms with Crippen molar-refractivity contribution in [2.45, 2.75) is 6.92 Å². The smallest absolute Gasteiger partial charge is 0.202 e. The number of benzene rings is 4. The van der Waals surface area contributed by atoms with E-state index in [2.05, 4.69) is 0 Å². The lowest BCUT2D eigenvalue weighted by molar-refractivity contribution is 0.101. The molecule has 4 aromatic carbocycles. The molecule has 0 fully saturated rings. The lowest BCUT2D eigenvalue weighted by Gasteiger charge is -2.16. The summed E-state index contributed by atoms with van der Waals surface area (Å²) in [4.78, 5) is 25.0. The number of rotatable bonds is 7. The topological polar surface area (TPSA) is 157 Å². The molecule has 4 aromatic rings. The van der Waals surface area contributed by atoms with E-state index in [1.807, 2.05) is 6.07 Å². The van der Waals surface area contributed by atoms with Gasteiger partial charge >= 0.3 is 0 Å². The lowest BCUT2D eigenvalue weighted by atomic mass is 10.0. The third-order valence-corrected chi connectivity index (χ3v) is 5.33. The Morgan fingerprint density at radius 1 is 0.676 bits per heavy atom. The van der Waals surface area contributed by atoms with Crippen LogP contribution in [0.25, 0.3) is 0 Å². The van der Waals surface area contributed by atoms with Gasteiger partial charge < -0.3 is 29.9 Å². The van der Waals surface area contributed by atoms with E-state index in [9.17, 15) is 30.0 Å². The average molecular weight is 497 g/mol. The van der Waals surface area contributed by atoms with Crippen molar-refractivity contribution < 1.29 is 39.5 Å². The molecule has 0 heterocycles. The van der Waals surface area contributed by atoms with Crippen molar-refractivity contribution >= 4 is 11.6 Å². The third-order valence-electron chi connectivity index (χ3n) is 5.33. The summed E-state index contributed by atoms with van der Waals surface area (Å²) < 4.78 is 11.2. The van der Waals surface area contributed by atoms with Gasteiger partial charge in [0.1, 0.15) is 0 Å². The first-order valence-corrected chi connectivity index (χ1v) is 10.8. The van der Waals surface area contributed by atoms with Crippen LogP contribution in [0.5, 0.6) is 46.0 Å². The van der Waals surface area contributed by atoms with Crippen molar-refractivity contribution in [2.75, 3.05) is 0 Å². The molecule has 0 spiro atoms. The molecular formula is C28H19NO8. The molecule has 0 saturated carbocycles. The maximum atomic E-state index is 12.9. The highest BCUT2D eigenvalue weighted by molar-refractivity contribution is 6.09. The number of hydrogen-bond acceptors (Lipinski definition) is 9. The molecule has 9 heteroatoms. The summed E-state index contributed by atoms with van der Waals surface area (Å²) in [6.07, 6.45) is 0. The number of nitrogens with zero attached hydrogens (tertiary/aromatic N) is 1. The predicted molar refractivity (Wildman–Crippen MR) is 131 cm³/mol. The van der Waals surface area contributed by atoms with Crippen molar-refractivity contribution in [3.63, 3.8) is 0 Å². The van der Waals surface area contributed by atoms with Gasteiger partial charge in [-0.25, -0.2) is 0 Å². The molecule has 0 unspecified atom stereocenters. The minimum atomic E-state index is -0.709. The lowest BCUT2D eigenvalue weighted by Crippen LogP contribution is -2.02. The van der Waals surface area contributed by atoms with Crippen molar-refractivity contribution in [3.05, 3.63) is 95.1 Å². The highest BCUT2D eigenvalue weighted by Crippen LogP contribution is 2.46. The largest absolute Gasteiger partial charge is 0.504 e. The number of hydrogen-bond donors (Lipinski definition) is 4. The first-order valence-electron chi connectivity index (χ1n) is 10.8. The summed E-state index contributed by atoms with van der Waals surface area (Å²) in [5.74, 6) is -4.38. The van der Waals surface area contributed by atoms with Gasteiger partial charge in [0, 0.05) is 22.8 Å². The van der Waals surface area contributed by atoms with Crippen LogP contribution in [-0.2, 0) is 0 Å². The molecule has 0 aromatic heterocycles. The number of carbonyl (C=O) groups excluding carboxylic acids is 2. The zero-order valence-corrected chi connectivity index (χ0v) is 19.3. The molecule has 184 valence electrons. The molecule has 0 amide bonds. The Hall–Kier alpha value is -5.49. The number of Topliss-reactive ketones (excluding diaryl/α,β-unsaturated/α-hetero) is 1. The zero-order chi connectivity index (χ0) is 26.7. The summed E-state index contributed by atoms with van der Waals surface area (Å²) in [7, 11) is 0. The number of ether oxygens (including phenoxy) is 2. The highest BCUT2D eigenvalue weighted by atomic mass is 16.5. The third kappa shape index (κ3) is 5.13. The van der Waals surface area contributed by atoms with E-state index in [0.29, 0.717) is 5.56 Å². The Morgan fingerprint density at radius 2 is 1.27 bits per heavy atom. The number of phenols is 4. The highest BCUT2D eigenvalue weighted by Gasteiger charge is 2.21. The fourth-order valence-electron chi connectivity index (χ4n) is 3.40. The van der Waals surface area contributed by atoms with Gasteiger partial charge in [-0.15, -0.1) is 0 Å². The fourth-order valence-corrected chi connectivity index (χ4v) is 3.40. The summed E-state index contributed by atoms with van der Waals surface area (Å²) >= 11 is 0. The molecule has 0 aliphatic rings. The Bertz CT molecular complexity index is 1570. The maximum Gasteiger partial charge on any atom is 0.202 e. The SMILES string of the molecule is CC(=O)c1cc(Oc2cc(C#N)ccc2O)c(O)c(Oc2cc(C(=O)c3ccccc3)cc(O)c2O)c1. The molecule has 0 saturated heterocycles. The van der Waals surface area contributed by atoms with Gasteiger partial charge in [0.2, 0.25) is 11.5 Å². The summed E-state index contributed by atoms with van der Waals surface area (Å²) in [5.41, 5.74) is 0.536. The van der Waals surface area contributed by atoms with Gasteiger partial charge in [0.25, 0.3) is 0 Å². The van der Waals surface area contributed by atoms with Crippen molar-refractivity contribution in [1.29, 1.82) is 5.26 Å². The minimum absolute atomic E-state index is 0.00609. The standard InChI is InChI=1S/C28H19NO8/c1-15(30)18-11-24(36-22-9-16(14-29)7-8-20(22)31)28(35)25(12-18)37-23-13-19(10-21(32)27(23)34)26(33)17-5-3-2-4-6-17/h2-13,31-32,34-35H,1H3. The monoisotopic (exact) mass is 497 g/mol. The van der Waals surface area contributed by atoms with Crippen molar-refractivity contribution in [2.24, 2.45) is 0 Å². The second-order valence-corrected chi connectivity index (χ2v) is 7.91. The molecular weight excluding hydrogens is 478 g/mol. The number of nitriles is 1. The van der Waals surface area contributed by atoms with E-state index in [4.69, 9.17) is 14.7 Å². The van der Waals surface area contributed by atoms with Gasteiger partial charge in [-0.3, -0.25) is 9.59 Å². The molecule has 0 aliphatic carbocycles. The van der Waals surface area contributed by atoms with Crippen LogP contribution in [0.2, 0.25) is 0 Å². The second kappa shape index (κ2) is 10.0. The number of ketones is 2. The van der Waals surface area contributed by atoms with Crippen LogP contribution in [-0.4, -0.2) is 32.0 Å². The summed E-state index contributed by atoms with van der Waals surface area (Å²) in [6.45, 7) is 1.26. The van der Waals surface area contributed by atoms with Crippen molar-refractivity contribution in [1.82, 2.24) is 0 Å². The number of carbonyl (C=O) groups is 2. The Balaban J connectivity index is 1.77. The Morgan fingerprint density at radius 3 is 1.89 bits per heavy atom. The zero-order valence-electron chi connectivity index (χ0n) is 19.3. The van der Waals surface area contributed by atoms with E-state index >= 15 is 0 Å². The molecule has 0 bridgehead atoms. The Labute approximate surface area is 210 Å². The molecule has 0 radical (unpaired) electrons. The number of phenolic OH excluding ortho intramolecular Hbond substituents is 4. The molecule has 0 atom stereocenters. The Kier molecular flexibility index (Phi) is 6.67. The van der Waals surface area contributed by atoms with Gasteiger partial charge in [-0.1, -0.05) is 30.3 Å². The van der Waals surface area contributed by atoms with Gasteiger partial charge in [-0.2, -0.15) is 5.26 Å². The predicted octanol–water partition coefficient (Wildman–Crippen LogP) is 5.40. The fraction of sp³-hybridized carbons (Fsp3) is 0.0357. The summed E-state index contributed by atoms with van der Waals surface area (Å²) in [5, 5.41) is 50.6. The van der Waals surface area contributed by atoms with E-state index in [1.165, 1.54) is 43.3 Å². The van der Waals surface area contributed by atoms with Crippen molar-refractivity contribution in [3.8, 4) is 52.1 Å². The molecule has 4 rings (SSSR count). The first-order chi connectivity index (χ1) is 17.7. The van der Waals surface area contributed by atoms with Gasteiger partial charge in [0.15, 0.2) is 46.1 Å². The van der Waals surface area contributed by atoms with Crippen LogP contribution in [0.15, 0.2) is 72.8 Å². The van der Waals surface area contributed by atoms with Crippen LogP contribution in [0.4, 0.5) is 0 Å². The van der Waals surface area contributed by atoms with Crippen LogP contribution in [0.1, 0.15) is 38.8 Å². The minimum Gasteiger partial charge on any atom is -0.504 e. The van der Waals surface area contributed by atoms with Crippen LogP contribution < -0.4 is 9.47 Å². The van der Waals surface area contributed by atoms with E-state index in [0.717, 1.165) is 6.07 Å². The van der Waals surface area contributed by atoms with E-state index in [-0.39, 0.29) is 45.4 Å². The maximum absolute atomic E-state index is 12.9. The number of aromatic hydroxyl groups is 4. The average Bonchev–Trinajstić information content (AvgIpc) is 2.89. The molecule has 9 nitrogen and oxygen atoms in total. The second-order valence-electron chi connectivity index (χ2n) is 7.91. The van der Waals surface area contributed by atoms with Crippen LogP contribution >= 0.6 is 0 Å². The quantitative estimate of drug-likeness (QED) is 0.194. The van der Waals surface area contributed by atoms with Gasteiger partial charge in [-0.05, 0) is 43.3 Å². The summed E-state index contributed by atoms with van der Waals surface area (Å²) in [6, 6.07) is 18.6. The molecule has 4 N–H and O–H groups in total. The normalized spacial score (nSPS) is 10.4.